The minimum Gasteiger partial charge on any atom is -0.333 e. The smallest absolute Gasteiger partial charge is 0.0868 e. The summed E-state index contributed by atoms with van der Waals surface area (Å²) in [5.74, 6) is 0. The lowest BCUT2D eigenvalue weighted by Crippen LogP contribution is -2.20. The summed E-state index contributed by atoms with van der Waals surface area (Å²) in [4.78, 5) is 0. The maximum absolute atomic E-state index is 4.20. The Bertz CT molecular complexity index is 1260. The summed E-state index contributed by atoms with van der Waals surface area (Å²) < 4.78 is 2.48. The van der Waals surface area contributed by atoms with E-state index in [1.165, 1.54) is 38.5 Å². The first-order chi connectivity index (χ1) is 14.8. The van der Waals surface area contributed by atoms with E-state index in [2.05, 4.69) is 103 Å². The lowest BCUT2D eigenvalue weighted by molar-refractivity contribution is 0.587. The molecule has 5 nitrogen and oxygen atoms in total. The van der Waals surface area contributed by atoms with Crippen molar-refractivity contribution >= 4 is 33.0 Å². The molecule has 2 aromatic carbocycles. The third-order valence-electron chi connectivity index (χ3n) is 5.50. The highest BCUT2D eigenvalue weighted by molar-refractivity contribution is 7.08. The largest absolute Gasteiger partial charge is 0.333 e. The molecule has 5 rings (SSSR count). The van der Waals surface area contributed by atoms with E-state index in [-0.39, 0.29) is 6.04 Å². The van der Waals surface area contributed by atoms with Crippen molar-refractivity contribution in [2.45, 2.75) is 12.5 Å². The zero-order chi connectivity index (χ0) is 20.3. The number of hydrogen-bond acceptors (Lipinski definition) is 4. The van der Waals surface area contributed by atoms with Crippen molar-refractivity contribution in [1.29, 1.82) is 0 Å². The lowest BCUT2D eigenvalue weighted by atomic mass is 10.0. The molecule has 150 valence electrons. The molecule has 0 bridgehead atoms. The first-order valence-electron chi connectivity index (χ1n) is 10.1. The Labute approximate surface area is 179 Å². The van der Waals surface area contributed by atoms with Gasteiger partial charge in [0.05, 0.1) is 18.3 Å². The Hall–Kier alpha value is -3.22. The van der Waals surface area contributed by atoms with E-state index in [0.29, 0.717) is 6.54 Å². The second-order valence-electron chi connectivity index (χ2n) is 7.34. The molecule has 2 heterocycles. The zero-order valence-corrected chi connectivity index (χ0v) is 17.6. The van der Waals surface area contributed by atoms with Crippen molar-refractivity contribution in [2.75, 3.05) is 13.6 Å². The number of rotatable bonds is 6. The van der Waals surface area contributed by atoms with Gasteiger partial charge in [-0.05, 0) is 46.3 Å². The molecule has 1 aliphatic carbocycles. The van der Waals surface area contributed by atoms with Gasteiger partial charge in [0.15, 0.2) is 0 Å². The van der Waals surface area contributed by atoms with Crippen LogP contribution in [-0.4, -0.2) is 18.2 Å². The van der Waals surface area contributed by atoms with Crippen LogP contribution in [0.3, 0.4) is 0 Å². The molecule has 6 heteroatoms. The number of hydrogen-bond donors (Lipinski definition) is 2. The van der Waals surface area contributed by atoms with Crippen molar-refractivity contribution in [2.24, 2.45) is 10.3 Å². The van der Waals surface area contributed by atoms with Gasteiger partial charge < -0.3 is 4.57 Å². The zero-order valence-electron chi connectivity index (χ0n) is 16.7. The Morgan fingerprint density at radius 1 is 1.13 bits per heavy atom. The maximum atomic E-state index is 4.20. The highest BCUT2D eigenvalue weighted by Gasteiger charge is 2.20. The van der Waals surface area contributed by atoms with Crippen LogP contribution in [0.4, 0.5) is 0 Å². The van der Waals surface area contributed by atoms with Gasteiger partial charge in [0.2, 0.25) is 0 Å². The first-order valence-corrected chi connectivity index (χ1v) is 11.0. The SMILES string of the molecule is CNNN=NCC1=CC(n2c(-c3ccsc3)cc3c4ccccc4ccc32)CC=C1. The van der Waals surface area contributed by atoms with Gasteiger partial charge in [-0.2, -0.15) is 16.5 Å². The summed E-state index contributed by atoms with van der Waals surface area (Å²) in [7, 11) is 1.77. The van der Waals surface area contributed by atoms with Gasteiger partial charge in [-0.1, -0.05) is 53.8 Å². The molecular weight excluding hydrogens is 390 g/mol. The van der Waals surface area contributed by atoms with Crippen molar-refractivity contribution in [1.82, 2.24) is 15.5 Å². The number of benzene rings is 2. The summed E-state index contributed by atoms with van der Waals surface area (Å²) in [6.45, 7) is 0.553. The van der Waals surface area contributed by atoms with Crippen LogP contribution in [-0.2, 0) is 0 Å². The Morgan fingerprint density at radius 3 is 2.93 bits per heavy atom. The molecule has 2 aromatic heterocycles. The van der Waals surface area contributed by atoms with E-state index in [1.807, 2.05) is 0 Å². The molecule has 0 spiro atoms. The molecule has 0 fully saturated rings. The predicted molar refractivity (Wildman–Crippen MR) is 126 cm³/mol. The molecule has 1 unspecified atom stereocenters. The van der Waals surface area contributed by atoms with Gasteiger partial charge >= 0.3 is 0 Å². The highest BCUT2D eigenvalue weighted by Crippen LogP contribution is 2.38. The second kappa shape index (κ2) is 8.26. The first kappa shape index (κ1) is 18.8. The fraction of sp³-hybridized carbons (Fsp3) is 0.167. The van der Waals surface area contributed by atoms with Crippen LogP contribution in [0.25, 0.3) is 32.9 Å². The molecule has 1 aliphatic rings. The Morgan fingerprint density at radius 2 is 2.07 bits per heavy atom. The monoisotopic (exact) mass is 413 g/mol. The van der Waals surface area contributed by atoms with Gasteiger partial charge in [0.1, 0.15) is 0 Å². The van der Waals surface area contributed by atoms with Gasteiger partial charge in [0.25, 0.3) is 0 Å². The van der Waals surface area contributed by atoms with E-state index in [9.17, 15) is 0 Å². The van der Waals surface area contributed by atoms with E-state index in [0.717, 1.165) is 6.42 Å². The van der Waals surface area contributed by atoms with Crippen molar-refractivity contribution in [3.05, 3.63) is 83.1 Å². The summed E-state index contributed by atoms with van der Waals surface area (Å²) in [5, 5.41) is 16.3. The van der Waals surface area contributed by atoms with E-state index >= 15 is 0 Å². The second-order valence-corrected chi connectivity index (χ2v) is 8.12. The number of fused-ring (bicyclic) bond motifs is 3. The van der Waals surface area contributed by atoms with Gasteiger partial charge in [-0.15, -0.1) is 0 Å². The van der Waals surface area contributed by atoms with Crippen LogP contribution in [0.5, 0.6) is 0 Å². The van der Waals surface area contributed by atoms with Gasteiger partial charge in [0, 0.05) is 28.9 Å². The molecule has 30 heavy (non-hydrogen) atoms. The molecule has 2 N–H and O–H groups in total. The normalized spacial score (nSPS) is 16.6. The molecule has 4 aromatic rings. The highest BCUT2D eigenvalue weighted by atomic mass is 32.1. The maximum Gasteiger partial charge on any atom is 0.0868 e. The van der Waals surface area contributed by atoms with E-state index < -0.39 is 0 Å². The number of nitrogens with one attached hydrogen (secondary N) is 2. The third kappa shape index (κ3) is 3.44. The summed E-state index contributed by atoms with van der Waals surface area (Å²) in [5.41, 5.74) is 10.4. The predicted octanol–water partition coefficient (Wildman–Crippen LogP) is 6.04. The molecule has 1 atom stereocenters. The Kier molecular flexibility index (Phi) is 5.17. The molecular formula is C24H23N5S. The van der Waals surface area contributed by atoms with Crippen LogP contribution in [0.2, 0.25) is 0 Å². The van der Waals surface area contributed by atoms with Crippen molar-refractivity contribution < 1.29 is 0 Å². The standard InChI is InChI=1S/C24H23N5S/c1-25-27-28-26-15-17-5-4-7-20(13-17)29-23-10-9-18-6-2-3-8-21(18)22(23)14-24(29)19-11-12-30-16-19/h2-6,8-14,16,20H,7,15H2,1H3,(H,25,28)(H,26,27). The molecule has 0 radical (unpaired) electrons. The summed E-state index contributed by atoms with van der Waals surface area (Å²) >= 11 is 1.74. The van der Waals surface area contributed by atoms with Crippen LogP contribution in [0.15, 0.2) is 93.4 Å². The molecule has 0 saturated carbocycles. The van der Waals surface area contributed by atoms with Crippen LogP contribution >= 0.6 is 11.3 Å². The third-order valence-corrected chi connectivity index (χ3v) is 6.18. The number of nitrogens with zero attached hydrogens (tertiary/aromatic N) is 3. The van der Waals surface area contributed by atoms with Crippen molar-refractivity contribution in [3.8, 4) is 11.3 Å². The summed E-state index contributed by atoms with van der Waals surface area (Å²) in [6.07, 6.45) is 7.68. The average Bonchev–Trinajstić information content (AvgIpc) is 3.45. The van der Waals surface area contributed by atoms with E-state index in [4.69, 9.17) is 0 Å². The van der Waals surface area contributed by atoms with E-state index in [1.54, 1.807) is 18.4 Å². The van der Waals surface area contributed by atoms with Gasteiger partial charge in [-0.25, -0.2) is 11.0 Å². The molecule has 0 saturated heterocycles. The quantitative estimate of drug-likeness (QED) is 0.299. The fourth-order valence-electron chi connectivity index (χ4n) is 4.19. The van der Waals surface area contributed by atoms with Crippen LogP contribution in [0.1, 0.15) is 12.5 Å². The van der Waals surface area contributed by atoms with Gasteiger partial charge in [-0.3, -0.25) is 0 Å². The molecule has 0 amide bonds. The van der Waals surface area contributed by atoms with Crippen LogP contribution in [0, 0.1) is 0 Å². The number of hydrazine groups is 1. The minimum atomic E-state index is 0.242. The number of thiophene rings is 1. The topological polar surface area (TPSA) is 53.7 Å². The Balaban J connectivity index is 1.64. The lowest BCUT2D eigenvalue weighted by Gasteiger charge is -2.22. The minimum absolute atomic E-state index is 0.242. The van der Waals surface area contributed by atoms with Crippen LogP contribution < -0.4 is 11.0 Å². The average molecular weight is 414 g/mol. The fourth-order valence-corrected chi connectivity index (χ4v) is 4.84. The van der Waals surface area contributed by atoms with Crippen molar-refractivity contribution in [3.63, 3.8) is 0 Å². The summed E-state index contributed by atoms with van der Waals surface area (Å²) in [6, 6.07) is 17.9. The molecule has 0 aliphatic heterocycles. The number of allylic oxidation sites excluding steroid dienone is 2. The number of aromatic nitrogens is 1.